The van der Waals surface area contributed by atoms with Gasteiger partial charge in [-0.1, -0.05) is 24.3 Å². The summed E-state index contributed by atoms with van der Waals surface area (Å²) in [6, 6.07) is 14.7. The zero-order valence-corrected chi connectivity index (χ0v) is 15.3. The van der Waals surface area contributed by atoms with Crippen LogP contribution in [-0.4, -0.2) is 26.0 Å². The molecule has 0 aliphatic heterocycles. The van der Waals surface area contributed by atoms with Crippen molar-refractivity contribution in [1.82, 2.24) is 0 Å². The Morgan fingerprint density at radius 3 is 2.32 bits per heavy atom. The fourth-order valence-electron chi connectivity index (χ4n) is 2.48. The minimum atomic E-state index is -1.24. The minimum Gasteiger partial charge on any atom is -0.495 e. The summed E-state index contributed by atoms with van der Waals surface area (Å²) >= 11 is 0. The number of benzene rings is 2. The average Bonchev–Trinajstić information content (AvgIpc) is 2.61. The van der Waals surface area contributed by atoms with E-state index < -0.39 is 5.41 Å². The zero-order valence-electron chi connectivity index (χ0n) is 15.3. The van der Waals surface area contributed by atoms with Crippen molar-refractivity contribution in [2.75, 3.05) is 24.4 Å². The predicted octanol–water partition coefficient (Wildman–Crippen LogP) is 3.63. The van der Waals surface area contributed by atoms with Crippen LogP contribution in [0.15, 0.2) is 48.5 Å². The van der Waals surface area contributed by atoms with Crippen LogP contribution >= 0.6 is 0 Å². The Kier molecular flexibility index (Phi) is 5.47. The number of nitrogens with zero attached hydrogens (tertiary/aromatic N) is 1. The number of carbonyl (C=O) groups excluding carboxylic acids is 2. The lowest BCUT2D eigenvalue weighted by Gasteiger charge is -2.28. The van der Waals surface area contributed by atoms with Crippen LogP contribution < -0.4 is 15.0 Å². The van der Waals surface area contributed by atoms with Crippen molar-refractivity contribution >= 4 is 23.2 Å². The number of para-hydroxylation sites is 1. The first kappa shape index (κ1) is 18.5. The largest absolute Gasteiger partial charge is 0.495 e. The van der Waals surface area contributed by atoms with Crippen LogP contribution in [0.25, 0.3) is 0 Å². The van der Waals surface area contributed by atoms with Gasteiger partial charge in [-0.2, -0.15) is 0 Å². The highest BCUT2D eigenvalue weighted by atomic mass is 16.5. The molecule has 0 aromatic heterocycles. The van der Waals surface area contributed by atoms with Crippen LogP contribution in [0.1, 0.15) is 19.4 Å². The smallest absolute Gasteiger partial charge is 0.241 e. The van der Waals surface area contributed by atoms with E-state index in [1.165, 1.54) is 4.90 Å². The highest BCUT2D eigenvalue weighted by Gasteiger charge is 2.39. The van der Waals surface area contributed by atoms with Gasteiger partial charge in [-0.15, -0.1) is 0 Å². The molecule has 132 valence electrons. The minimum absolute atomic E-state index is 0.289. The Labute approximate surface area is 148 Å². The van der Waals surface area contributed by atoms with Crippen LogP contribution in [0.4, 0.5) is 11.4 Å². The van der Waals surface area contributed by atoms with Gasteiger partial charge in [-0.25, -0.2) is 0 Å². The summed E-state index contributed by atoms with van der Waals surface area (Å²) in [5.74, 6) is -0.120. The molecule has 2 rings (SSSR count). The average molecular weight is 340 g/mol. The van der Waals surface area contributed by atoms with Crippen LogP contribution in [0.5, 0.6) is 5.75 Å². The molecular formula is C20H24N2O3. The van der Waals surface area contributed by atoms with Crippen molar-refractivity contribution < 1.29 is 14.3 Å². The lowest BCUT2D eigenvalue weighted by atomic mass is 9.90. The van der Waals surface area contributed by atoms with Crippen molar-refractivity contribution in [2.24, 2.45) is 5.41 Å². The maximum absolute atomic E-state index is 12.9. The number of methoxy groups -OCH3 is 1. The van der Waals surface area contributed by atoms with Crippen molar-refractivity contribution in [1.29, 1.82) is 0 Å². The van der Waals surface area contributed by atoms with Gasteiger partial charge in [0.15, 0.2) is 0 Å². The number of aryl methyl sites for hydroxylation is 1. The van der Waals surface area contributed by atoms with E-state index in [2.05, 4.69) is 5.32 Å². The molecular weight excluding hydrogens is 316 g/mol. The van der Waals surface area contributed by atoms with E-state index in [1.807, 2.05) is 49.4 Å². The van der Waals surface area contributed by atoms with Crippen LogP contribution in [-0.2, 0) is 9.59 Å². The number of anilines is 2. The van der Waals surface area contributed by atoms with Gasteiger partial charge < -0.3 is 15.0 Å². The molecule has 25 heavy (non-hydrogen) atoms. The van der Waals surface area contributed by atoms with E-state index in [0.29, 0.717) is 11.4 Å². The molecule has 0 spiro atoms. The molecule has 0 saturated carbocycles. The molecule has 2 aromatic rings. The van der Waals surface area contributed by atoms with Crippen molar-refractivity contribution in [3.05, 3.63) is 54.1 Å². The molecule has 0 fully saturated rings. The van der Waals surface area contributed by atoms with Gasteiger partial charge in [0.1, 0.15) is 11.2 Å². The maximum atomic E-state index is 12.9. The molecule has 0 unspecified atom stereocenters. The summed E-state index contributed by atoms with van der Waals surface area (Å²) in [5.41, 5.74) is 1.04. The third-order valence-electron chi connectivity index (χ3n) is 4.15. The maximum Gasteiger partial charge on any atom is 0.241 e. The molecule has 2 amide bonds. The summed E-state index contributed by atoms with van der Waals surface area (Å²) in [5, 5.41) is 2.82. The molecule has 0 aliphatic rings. The zero-order chi connectivity index (χ0) is 18.6. The van der Waals surface area contributed by atoms with Gasteiger partial charge in [-0.05, 0) is 50.6 Å². The third-order valence-corrected chi connectivity index (χ3v) is 4.15. The molecule has 2 aromatic carbocycles. The first-order valence-corrected chi connectivity index (χ1v) is 8.06. The van der Waals surface area contributed by atoms with Gasteiger partial charge in [0, 0.05) is 12.7 Å². The SMILES string of the molecule is COc1ccc(C)cc1NC(=O)C(C)(C)C(=O)N(C)c1ccccc1. The van der Waals surface area contributed by atoms with E-state index in [9.17, 15) is 9.59 Å². The fourth-order valence-corrected chi connectivity index (χ4v) is 2.48. The summed E-state index contributed by atoms with van der Waals surface area (Å²) in [6.45, 7) is 5.16. The second-order valence-corrected chi connectivity index (χ2v) is 6.48. The highest BCUT2D eigenvalue weighted by Crippen LogP contribution is 2.29. The molecule has 0 radical (unpaired) electrons. The van der Waals surface area contributed by atoms with Gasteiger partial charge in [0.25, 0.3) is 0 Å². The number of amides is 2. The lowest BCUT2D eigenvalue weighted by Crippen LogP contribution is -2.46. The topological polar surface area (TPSA) is 58.6 Å². The number of ether oxygens (including phenoxy) is 1. The molecule has 0 atom stereocenters. The standard InChI is InChI=1S/C20H24N2O3/c1-14-11-12-17(25-5)16(13-14)21-18(23)20(2,3)19(24)22(4)15-9-7-6-8-10-15/h6-13H,1-5H3,(H,21,23). The molecule has 0 aliphatic carbocycles. The Morgan fingerprint density at radius 2 is 1.72 bits per heavy atom. The normalized spacial score (nSPS) is 10.9. The van der Waals surface area contributed by atoms with E-state index in [1.54, 1.807) is 34.1 Å². The molecule has 1 N–H and O–H groups in total. The number of rotatable bonds is 5. The number of hydrogen-bond donors (Lipinski definition) is 1. The number of nitrogens with one attached hydrogen (secondary N) is 1. The number of hydrogen-bond acceptors (Lipinski definition) is 3. The summed E-state index contributed by atoms with van der Waals surface area (Å²) in [7, 11) is 3.21. The molecule has 0 heterocycles. The summed E-state index contributed by atoms with van der Waals surface area (Å²) < 4.78 is 5.28. The van der Waals surface area contributed by atoms with E-state index in [0.717, 1.165) is 11.3 Å². The Bertz CT molecular complexity index is 770. The summed E-state index contributed by atoms with van der Waals surface area (Å²) in [4.78, 5) is 27.1. The fraction of sp³-hybridized carbons (Fsp3) is 0.300. The predicted molar refractivity (Wildman–Crippen MR) is 100.0 cm³/mol. The van der Waals surface area contributed by atoms with Crippen LogP contribution in [0.3, 0.4) is 0 Å². The second kappa shape index (κ2) is 7.38. The third kappa shape index (κ3) is 3.99. The number of carbonyl (C=O) groups is 2. The van der Waals surface area contributed by atoms with Gasteiger partial charge in [0.05, 0.1) is 12.8 Å². The molecule has 5 heteroatoms. The van der Waals surface area contributed by atoms with Gasteiger partial charge >= 0.3 is 0 Å². The Balaban J connectivity index is 2.22. The first-order chi connectivity index (χ1) is 11.8. The monoisotopic (exact) mass is 340 g/mol. The van der Waals surface area contributed by atoms with Gasteiger partial charge in [-0.3, -0.25) is 9.59 Å². The molecule has 0 bridgehead atoms. The highest BCUT2D eigenvalue weighted by molar-refractivity contribution is 6.14. The lowest BCUT2D eigenvalue weighted by molar-refractivity contribution is -0.136. The molecule has 0 saturated heterocycles. The summed E-state index contributed by atoms with van der Waals surface area (Å²) in [6.07, 6.45) is 0. The first-order valence-electron chi connectivity index (χ1n) is 8.06. The Morgan fingerprint density at radius 1 is 1.08 bits per heavy atom. The van der Waals surface area contributed by atoms with Crippen LogP contribution in [0, 0.1) is 12.3 Å². The van der Waals surface area contributed by atoms with Crippen molar-refractivity contribution in [2.45, 2.75) is 20.8 Å². The van der Waals surface area contributed by atoms with E-state index in [4.69, 9.17) is 4.74 Å². The van der Waals surface area contributed by atoms with Crippen molar-refractivity contribution in [3.63, 3.8) is 0 Å². The van der Waals surface area contributed by atoms with E-state index >= 15 is 0 Å². The quantitative estimate of drug-likeness (QED) is 0.846. The molecule has 5 nitrogen and oxygen atoms in total. The van der Waals surface area contributed by atoms with E-state index in [-0.39, 0.29) is 11.8 Å². The second-order valence-electron chi connectivity index (χ2n) is 6.48. The Hall–Kier alpha value is -2.82. The van der Waals surface area contributed by atoms with Crippen molar-refractivity contribution in [3.8, 4) is 5.75 Å². The van der Waals surface area contributed by atoms with Gasteiger partial charge in [0.2, 0.25) is 11.8 Å². The van der Waals surface area contributed by atoms with Crippen LogP contribution in [0.2, 0.25) is 0 Å².